The summed E-state index contributed by atoms with van der Waals surface area (Å²) in [5, 5.41) is 0. The van der Waals surface area contributed by atoms with Gasteiger partial charge in [-0.1, -0.05) is 30.9 Å². The van der Waals surface area contributed by atoms with Gasteiger partial charge in [0.25, 0.3) is 0 Å². The summed E-state index contributed by atoms with van der Waals surface area (Å²) in [6.45, 7) is 5.95. The number of amides is 1. The number of carbonyl (C=O) groups excluding carboxylic acids is 4. The van der Waals surface area contributed by atoms with E-state index in [0.29, 0.717) is 5.69 Å². The Morgan fingerprint density at radius 3 is 2.47 bits per heavy atom. The van der Waals surface area contributed by atoms with Gasteiger partial charge >= 0.3 is 17.9 Å². The van der Waals surface area contributed by atoms with E-state index in [1.165, 1.54) is 24.0 Å². The van der Waals surface area contributed by atoms with E-state index in [9.17, 15) is 19.2 Å². The lowest BCUT2D eigenvalue weighted by molar-refractivity contribution is -0.147. The zero-order valence-corrected chi connectivity index (χ0v) is 17.7. The molecule has 1 atom stereocenters. The van der Waals surface area contributed by atoms with Crippen LogP contribution in [0.3, 0.4) is 0 Å². The maximum absolute atomic E-state index is 13.4. The van der Waals surface area contributed by atoms with Crippen LogP contribution in [-0.4, -0.2) is 43.6 Å². The van der Waals surface area contributed by atoms with Gasteiger partial charge in [-0.2, -0.15) is 0 Å². The fraction of sp³-hybridized carbons (Fsp3) is 0.273. The van der Waals surface area contributed by atoms with Gasteiger partial charge in [0.15, 0.2) is 5.41 Å². The average Bonchev–Trinajstić information content (AvgIpc) is 3.00. The minimum absolute atomic E-state index is 0.0306. The largest absolute Gasteiger partial charge is 0.462 e. The number of ether oxygens (including phenoxy) is 3. The first kappa shape index (κ1) is 22.6. The van der Waals surface area contributed by atoms with Gasteiger partial charge in [-0.15, -0.1) is 0 Å². The second-order valence-electron chi connectivity index (χ2n) is 7.01. The third-order valence-corrected chi connectivity index (χ3v) is 5.13. The van der Waals surface area contributed by atoms with Gasteiger partial charge in [0.05, 0.1) is 6.61 Å². The number of anilines is 1. The number of esters is 3. The number of primary amides is 1. The van der Waals surface area contributed by atoms with Gasteiger partial charge in [-0.3, -0.25) is 4.79 Å². The van der Waals surface area contributed by atoms with Crippen molar-refractivity contribution in [3.05, 3.63) is 65.2 Å². The monoisotopic (exact) mass is 441 g/mol. The van der Waals surface area contributed by atoms with E-state index in [1.54, 1.807) is 25.1 Å². The molecule has 1 aromatic carbocycles. The Balaban J connectivity index is 2.41. The molecule has 2 aliphatic heterocycles. The second kappa shape index (κ2) is 8.58. The predicted molar refractivity (Wildman–Crippen MR) is 112 cm³/mol. The second-order valence-corrected chi connectivity index (χ2v) is 7.01. The van der Waals surface area contributed by atoms with Crippen LogP contribution in [-0.2, 0) is 38.8 Å². The number of allylic oxidation sites excluding steroid dienone is 1. The number of rotatable bonds is 7. The first-order valence-corrected chi connectivity index (χ1v) is 9.76. The molecule has 0 saturated heterocycles. The predicted octanol–water partition coefficient (Wildman–Crippen LogP) is 0.523. The molecule has 0 radical (unpaired) electrons. The third kappa shape index (κ3) is 3.29. The van der Waals surface area contributed by atoms with Gasteiger partial charge in [0.2, 0.25) is 5.91 Å². The Bertz CT molecular complexity index is 1090. The highest BCUT2D eigenvalue weighted by Crippen LogP contribution is 2.54. The highest BCUT2D eigenvalue weighted by atomic mass is 16.6. The number of hydrogen-bond acceptors (Lipinski definition) is 9. The van der Waals surface area contributed by atoms with E-state index in [-0.39, 0.29) is 48.0 Å². The molecule has 2 aliphatic rings. The third-order valence-electron chi connectivity index (χ3n) is 5.13. The van der Waals surface area contributed by atoms with Crippen LogP contribution in [0.1, 0.15) is 19.4 Å². The van der Waals surface area contributed by atoms with Crippen molar-refractivity contribution in [2.45, 2.75) is 19.3 Å². The molecule has 0 fully saturated rings. The number of hydrogen-bond donors (Lipinski definition) is 2. The Morgan fingerprint density at radius 1 is 1.19 bits per heavy atom. The Kier molecular flexibility index (Phi) is 6.06. The summed E-state index contributed by atoms with van der Waals surface area (Å²) >= 11 is 0. The molecule has 0 bridgehead atoms. The van der Waals surface area contributed by atoms with E-state index in [2.05, 4.69) is 6.58 Å². The van der Waals surface area contributed by atoms with E-state index in [0.717, 1.165) is 0 Å². The Hall–Kier alpha value is -4.08. The fourth-order valence-electron chi connectivity index (χ4n) is 4.01. The molecule has 0 aromatic heterocycles. The molecule has 10 nitrogen and oxygen atoms in total. The molecule has 2 heterocycles. The molecule has 0 aliphatic carbocycles. The zero-order chi connectivity index (χ0) is 23.6. The summed E-state index contributed by atoms with van der Waals surface area (Å²) in [5.74, 6) is -3.79. The minimum atomic E-state index is -2.05. The molecule has 168 valence electrons. The number of fused-ring (bicyclic) bond motifs is 2. The van der Waals surface area contributed by atoms with Crippen LogP contribution in [0.5, 0.6) is 0 Å². The van der Waals surface area contributed by atoms with Gasteiger partial charge in [0.1, 0.15) is 35.9 Å². The highest BCUT2D eigenvalue weighted by Gasteiger charge is 2.63. The van der Waals surface area contributed by atoms with Crippen LogP contribution < -0.4 is 16.4 Å². The zero-order valence-electron chi connectivity index (χ0n) is 17.7. The van der Waals surface area contributed by atoms with E-state index < -0.39 is 29.2 Å². The number of benzene rings is 1. The van der Waals surface area contributed by atoms with Crippen molar-refractivity contribution in [1.82, 2.24) is 0 Å². The summed E-state index contributed by atoms with van der Waals surface area (Å²) in [7, 11) is 0. The number of nitrogens with zero attached hydrogens (tertiary/aromatic N) is 1. The summed E-state index contributed by atoms with van der Waals surface area (Å²) in [4.78, 5) is 52.7. The number of para-hydroxylation sites is 1. The maximum atomic E-state index is 13.4. The van der Waals surface area contributed by atoms with Gasteiger partial charge in [0, 0.05) is 11.3 Å². The van der Waals surface area contributed by atoms with Crippen molar-refractivity contribution in [2.24, 2.45) is 11.5 Å². The SMILES string of the molecule is C=CCOC(=O)C1=C(C)OC(=O)[C@@]12C(C(=O)OCC)=C(N)N(CC(N)=O)c1ccccc12. The van der Waals surface area contributed by atoms with Crippen LogP contribution in [0, 0.1) is 0 Å². The number of cyclic esters (lactones) is 1. The molecular weight excluding hydrogens is 418 g/mol. The first-order valence-electron chi connectivity index (χ1n) is 9.76. The molecule has 0 saturated carbocycles. The topological polar surface area (TPSA) is 151 Å². The normalized spacial score (nSPS) is 19.6. The minimum Gasteiger partial charge on any atom is -0.462 e. The maximum Gasteiger partial charge on any atom is 0.339 e. The Morgan fingerprint density at radius 2 is 1.84 bits per heavy atom. The van der Waals surface area contributed by atoms with Crippen LogP contribution >= 0.6 is 0 Å². The van der Waals surface area contributed by atoms with Crippen molar-refractivity contribution in [3.63, 3.8) is 0 Å². The van der Waals surface area contributed by atoms with Gasteiger partial charge < -0.3 is 30.6 Å². The summed E-state index contributed by atoms with van der Waals surface area (Å²) in [6, 6.07) is 6.38. The standard InChI is InChI=1S/C22H23N3O7/c1-4-10-31-19(27)16-12(3)32-21(29)22(16)13-8-6-7-9-14(13)25(11-15(23)26)18(24)17(22)20(28)30-5-2/h4,6-9H,1,5,10-11,24H2,2-3H3,(H2,23,26)/t22-/m1/s1. The fourth-order valence-corrected chi connectivity index (χ4v) is 4.01. The van der Waals surface area contributed by atoms with Gasteiger partial charge in [-0.25, -0.2) is 14.4 Å². The van der Waals surface area contributed by atoms with Crippen LogP contribution in [0.2, 0.25) is 0 Å². The Labute approximate surface area is 184 Å². The molecule has 10 heteroatoms. The summed E-state index contributed by atoms with van der Waals surface area (Å²) in [6.07, 6.45) is 1.36. The van der Waals surface area contributed by atoms with Crippen molar-refractivity contribution < 1.29 is 33.4 Å². The number of nitrogens with two attached hydrogens (primary N) is 2. The summed E-state index contributed by atoms with van der Waals surface area (Å²) in [5.41, 5.74) is 9.62. The van der Waals surface area contributed by atoms with Crippen LogP contribution in [0.25, 0.3) is 0 Å². The molecule has 32 heavy (non-hydrogen) atoms. The van der Waals surface area contributed by atoms with Gasteiger partial charge in [-0.05, 0) is 19.9 Å². The van der Waals surface area contributed by atoms with Crippen molar-refractivity contribution in [1.29, 1.82) is 0 Å². The van der Waals surface area contributed by atoms with Crippen molar-refractivity contribution in [2.75, 3.05) is 24.7 Å². The van der Waals surface area contributed by atoms with Crippen molar-refractivity contribution in [3.8, 4) is 0 Å². The summed E-state index contributed by atoms with van der Waals surface area (Å²) < 4.78 is 15.7. The quantitative estimate of drug-likeness (QED) is 0.350. The smallest absolute Gasteiger partial charge is 0.339 e. The lowest BCUT2D eigenvalue weighted by atomic mass is 9.66. The molecule has 0 unspecified atom stereocenters. The lowest BCUT2D eigenvalue weighted by Gasteiger charge is -2.40. The highest BCUT2D eigenvalue weighted by molar-refractivity contribution is 6.16. The molecule has 3 rings (SSSR count). The molecule has 1 spiro atoms. The lowest BCUT2D eigenvalue weighted by Crippen LogP contribution is -2.52. The van der Waals surface area contributed by atoms with Crippen LogP contribution in [0.15, 0.2) is 59.6 Å². The molecular formula is C22H23N3O7. The van der Waals surface area contributed by atoms with E-state index in [1.807, 2.05) is 0 Å². The molecule has 1 aromatic rings. The molecule has 1 amide bonds. The van der Waals surface area contributed by atoms with E-state index in [4.69, 9.17) is 25.7 Å². The van der Waals surface area contributed by atoms with E-state index >= 15 is 0 Å². The van der Waals surface area contributed by atoms with Crippen LogP contribution in [0.4, 0.5) is 5.69 Å². The number of carbonyl (C=O) groups is 4. The van der Waals surface area contributed by atoms with Crippen molar-refractivity contribution >= 4 is 29.5 Å². The first-order chi connectivity index (χ1) is 15.2. The molecule has 4 N–H and O–H groups in total. The average molecular weight is 441 g/mol.